The summed E-state index contributed by atoms with van der Waals surface area (Å²) in [5.41, 5.74) is -0.184. The molecule has 0 aliphatic rings. The first-order valence-electron chi connectivity index (χ1n) is 7.13. The van der Waals surface area contributed by atoms with Gasteiger partial charge in [-0.15, -0.1) is 11.8 Å². The SMILES string of the molecule is O=C(COC(=O)c1ccccc1F)NCCSc1ccc(Br)cc1. The molecule has 0 heterocycles. The van der Waals surface area contributed by atoms with Gasteiger partial charge < -0.3 is 10.1 Å². The highest BCUT2D eigenvalue weighted by Crippen LogP contribution is 2.19. The topological polar surface area (TPSA) is 55.4 Å². The first-order chi connectivity index (χ1) is 11.6. The molecule has 0 atom stereocenters. The van der Waals surface area contributed by atoms with Crippen LogP contribution in [0.4, 0.5) is 4.39 Å². The lowest BCUT2D eigenvalue weighted by atomic mass is 10.2. The summed E-state index contributed by atoms with van der Waals surface area (Å²) in [5, 5.41) is 2.65. The number of carbonyl (C=O) groups is 2. The van der Waals surface area contributed by atoms with E-state index in [1.807, 2.05) is 24.3 Å². The van der Waals surface area contributed by atoms with Gasteiger partial charge in [-0.3, -0.25) is 4.79 Å². The van der Waals surface area contributed by atoms with E-state index in [9.17, 15) is 14.0 Å². The van der Waals surface area contributed by atoms with Crippen LogP contribution in [-0.4, -0.2) is 30.8 Å². The minimum Gasteiger partial charge on any atom is -0.452 e. The Bertz CT molecular complexity index is 709. The molecule has 2 aromatic carbocycles. The molecule has 0 saturated heterocycles. The second-order valence-corrected chi connectivity index (χ2v) is 6.79. The highest BCUT2D eigenvalue weighted by Gasteiger charge is 2.13. The van der Waals surface area contributed by atoms with Crippen molar-refractivity contribution in [2.75, 3.05) is 18.9 Å². The quantitative estimate of drug-likeness (QED) is 0.429. The van der Waals surface area contributed by atoms with Crippen LogP contribution in [0, 0.1) is 5.82 Å². The Morgan fingerprint density at radius 3 is 2.54 bits per heavy atom. The summed E-state index contributed by atoms with van der Waals surface area (Å²) in [4.78, 5) is 24.4. The van der Waals surface area contributed by atoms with Gasteiger partial charge in [0.15, 0.2) is 6.61 Å². The molecule has 1 amide bonds. The Morgan fingerprint density at radius 2 is 1.83 bits per heavy atom. The molecule has 126 valence electrons. The van der Waals surface area contributed by atoms with Crippen molar-refractivity contribution >= 4 is 39.6 Å². The van der Waals surface area contributed by atoms with Crippen LogP contribution >= 0.6 is 27.7 Å². The lowest BCUT2D eigenvalue weighted by Crippen LogP contribution is -2.30. The fraction of sp³-hybridized carbons (Fsp3) is 0.176. The molecule has 0 saturated carbocycles. The maximum absolute atomic E-state index is 13.4. The van der Waals surface area contributed by atoms with Crippen molar-refractivity contribution in [3.63, 3.8) is 0 Å². The molecule has 0 bridgehead atoms. The second kappa shape index (κ2) is 9.44. The standard InChI is InChI=1S/C17H15BrFNO3S/c18-12-5-7-13(8-6-12)24-10-9-20-16(21)11-23-17(22)14-3-1-2-4-15(14)19/h1-8H,9-11H2,(H,20,21). The van der Waals surface area contributed by atoms with Crippen molar-refractivity contribution in [2.45, 2.75) is 4.90 Å². The zero-order valence-electron chi connectivity index (χ0n) is 12.6. The summed E-state index contributed by atoms with van der Waals surface area (Å²) in [6, 6.07) is 13.3. The Morgan fingerprint density at radius 1 is 1.12 bits per heavy atom. The van der Waals surface area contributed by atoms with Crippen LogP contribution in [0.1, 0.15) is 10.4 Å². The van der Waals surface area contributed by atoms with Crippen molar-refractivity contribution in [1.82, 2.24) is 5.32 Å². The first-order valence-corrected chi connectivity index (χ1v) is 8.91. The van der Waals surface area contributed by atoms with Crippen LogP contribution in [0.3, 0.4) is 0 Å². The Hall–Kier alpha value is -1.86. The maximum Gasteiger partial charge on any atom is 0.341 e. The summed E-state index contributed by atoms with van der Waals surface area (Å²) < 4.78 is 19.2. The molecule has 1 N–H and O–H groups in total. The normalized spacial score (nSPS) is 10.2. The molecule has 0 spiro atoms. The van der Waals surface area contributed by atoms with Crippen molar-refractivity contribution in [2.24, 2.45) is 0 Å². The van der Waals surface area contributed by atoms with Gasteiger partial charge in [0.1, 0.15) is 5.82 Å². The summed E-state index contributed by atoms with van der Waals surface area (Å²) >= 11 is 4.97. The Kier molecular flexibility index (Phi) is 7.27. The van der Waals surface area contributed by atoms with Gasteiger partial charge in [0.2, 0.25) is 0 Å². The number of esters is 1. The summed E-state index contributed by atoms with van der Waals surface area (Å²) in [6.45, 7) is 0.00688. The monoisotopic (exact) mass is 411 g/mol. The van der Waals surface area contributed by atoms with Gasteiger partial charge in [0.05, 0.1) is 5.56 Å². The van der Waals surface area contributed by atoms with Crippen molar-refractivity contribution < 1.29 is 18.7 Å². The molecule has 2 rings (SSSR count). The predicted molar refractivity (Wildman–Crippen MR) is 94.6 cm³/mol. The van der Waals surface area contributed by atoms with Crippen LogP contribution in [0.25, 0.3) is 0 Å². The number of hydrogen-bond acceptors (Lipinski definition) is 4. The van der Waals surface area contributed by atoms with Gasteiger partial charge >= 0.3 is 5.97 Å². The average molecular weight is 412 g/mol. The van der Waals surface area contributed by atoms with Crippen LogP contribution < -0.4 is 5.32 Å². The molecule has 0 aliphatic heterocycles. The second-order valence-electron chi connectivity index (χ2n) is 4.71. The summed E-state index contributed by atoms with van der Waals surface area (Å²) in [7, 11) is 0. The van der Waals surface area contributed by atoms with E-state index in [0.29, 0.717) is 12.3 Å². The van der Waals surface area contributed by atoms with E-state index >= 15 is 0 Å². The molecule has 7 heteroatoms. The lowest BCUT2D eigenvalue weighted by Gasteiger charge is -2.07. The number of carbonyl (C=O) groups excluding carboxylic acids is 2. The van der Waals surface area contributed by atoms with Gasteiger partial charge in [-0.25, -0.2) is 9.18 Å². The van der Waals surface area contributed by atoms with E-state index in [-0.39, 0.29) is 5.56 Å². The van der Waals surface area contributed by atoms with Crippen molar-refractivity contribution in [3.8, 4) is 0 Å². The minimum absolute atomic E-state index is 0.184. The van der Waals surface area contributed by atoms with E-state index in [1.54, 1.807) is 11.8 Å². The maximum atomic E-state index is 13.4. The zero-order valence-corrected chi connectivity index (χ0v) is 15.0. The number of halogens is 2. The Balaban J connectivity index is 1.65. The fourth-order valence-corrected chi connectivity index (χ4v) is 2.81. The molecule has 2 aromatic rings. The lowest BCUT2D eigenvalue weighted by molar-refractivity contribution is -0.124. The van der Waals surface area contributed by atoms with Gasteiger partial charge in [0.25, 0.3) is 5.91 Å². The van der Waals surface area contributed by atoms with Gasteiger partial charge in [-0.1, -0.05) is 28.1 Å². The molecule has 0 aromatic heterocycles. The third-order valence-electron chi connectivity index (χ3n) is 2.93. The smallest absolute Gasteiger partial charge is 0.341 e. The van der Waals surface area contributed by atoms with E-state index in [2.05, 4.69) is 21.2 Å². The predicted octanol–water partition coefficient (Wildman–Crippen LogP) is 3.65. The van der Waals surface area contributed by atoms with Crippen LogP contribution in [0.15, 0.2) is 57.9 Å². The van der Waals surface area contributed by atoms with Crippen molar-refractivity contribution in [3.05, 3.63) is 64.4 Å². The number of thioether (sulfide) groups is 1. The van der Waals surface area contributed by atoms with Crippen LogP contribution in [-0.2, 0) is 9.53 Å². The number of hydrogen-bond donors (Lipinski definition) is 1. The highest BCUT2D eigenvalue weighted by molar-refractivity contribution is 9.10. The summed E-state index contributed by atoms with van der Waals surface area (Å²) in [6.07, 6.45) is 0. The first kappa shape index (κ1) is 18.5. The van der Waals surface area contributed by atoms with Gasteiger partial charge in [0, 0.05) is 21.7 Å². The molecule has 4 nitrogen and oxygen atoms in total. The number of rotatable bonds is 7. The Labute approximate surface area is 151 Å². The zero-order chi connectivity index (χ0) is 17.4. The molecule has 0 unspecified atom stereocenters. The average Bonchev–Trinajstić information content (AvgIpc) is 2.58. The molecule has 0 radical (unpaired) electrons. The molecular formula is C17H15BrFNO3S. The molecular weight excluding hydrogens is 397 g/mol. The van der Waals surface area contributed by atoms with E-state index in [0.717, 1.165) is 15.4 Å². The van der Waals surface area contributed by atoms with E-state index in [1.165, 1.54) is 18.2 Å². The third-order valence-corrected chi connectivity index (χ3v) is 4.48. The number of amides is 1. The summed E-state index contributed by atoms with van der Waals surface area (Å²) in [5.74, 6) is -1.26. The molecule has 0 fully saturated rings. The number of nitrogens with one attached hydrogen (secondary N) is 1. The van der Waals surface area contributed by atoms with Crippen molar-refractivity contribution in [1.29, 1.82) is 0 Å². The number of benzene rings is 2. The highest BCUT2D eigenvalue weighted by atomic mass is 79.9. The minimum atomic E-state index is -0.854. The largest absolute Gasteiger partial charge is 0.452 e. The number of ether oxygens (including phenoxy) is 1. The van der Waals surface area contributed by atoms with Crippen LogP contribution in [0.2, 0.25) is 0 Å². The van der Waals surface area contributed by atoms with Gasteiger partial charge in [-0.2, -0.15) is 0 Å². The van der Waals surface area contributed by atoms with E-state index in [4.69, 9.17) is 4.74 Å². The molecule has 0 aliphatic carbocycles. The van der Waals surface area contributed by atoms with E-state index < -0.39 is 24.3 Å². The van der Waals surface area contributed by atoms with Crippen LogP contribution in [0.5, 0.6) is 0 Å². The third kappa shape index (κ3) is 5.98. The van der Waals surface area contributed by atoms with Gasteiger partial charge in [-0.05, 0) is 36.4 Å². The molecule has 24 heavy (non-hydrogen) atoms. The fourth-order valence-electron chi connectivity index (χ4n) is 1.78.